The molecule has 2 atom stereocenters. The van der Waals surface area contributed by atoms with Crippen LogP contribution in [0.1, 0.15) is 40.0 Å². The van der Waals surface area contributed by atoms with Gasteiger partial charge >= 0.3 is 6.09 Å². The van der Waals surface area contributed by atoms with E-state index >= 15 is 0 Å². The van der Waals surface area contributed by atoms with E-state index in [0.29, 0.717) is 6.42 Å². The molecule has 2 aliphatic rings. The van der Waals surface area contributed by atoms with Crippen LogP contribution in [0.2, 0.25) is 0 Å². The first kappa shape index (κ1) is 9.77. The van der Waals surface area contributed by atoms with Gasteiger partial charge in [-0.1, -0.05) is 6.92 Å². The van der Waals surface area contributed by atoms with Crippen LogP contribution >= 0.6 is 0 Å². The van der Waals surface area contributed by atoms with E-state index in [-0.39, 0.29) is 12.1 Å². The molecule has 1 aliphatic carbocycles. The fourth-order valence-corrected chi connectivity index (χ4v) is 2.02. The van der Waals surface area contributed by atoms with Crippen molar-refractivity contribution >= 4 is 6.09 Å². The molecule has 2 rings (SSSR count). The molecule has 0 aromatic carbocycles. The minimum Gasteiger partial charge on any atom is -0.438 e. The summed E-state index contributed by atoms with van der Waals surface area (Å²) in [7, 11) is 0. The molecule has 0 bridgehead atoms. The number of ether oxygens (including phenoxy) is 1. The smallest absolute Gasteiger partial charge is 0.413 e. The quantitative estimate of drug-likeness (QED) is 0.732. The number of nitrogens with zero attached hydrogens (tertiary/aromatic N) is 1. The number of amides is 1. The van der Waals surface area contributed by atoms with Crippen LogP contribution in [-0.4, -0.2) is 33.5 Å². The van der Waals surface area contributed by atoms with Gasteiger partial charge in [-0.15, -0.1) is 0 Å². The zero-order valence-electron chi connectivity index (χ0n) is 8.91. The van der Waals surface area contributed by atoms with Gasteiger partial charge in [0.05, 0.1) is 0 Å². The van der Waals surface area contributed by atoms with Gasteiger partial charge in [0, 0.05) is 6.04 Å². The molecule has 0 aromatic rings. The number of hydrogen-bond donors (Lipinski definition) is 1. The predicted octanol–water partition coefficient (Wildman–Crippen LogP) is 1.48. The van der Waals surface area contributed by atoms with Crippen LogP contribution in [-0.2, 0) is 4.74 Å². The van der Waals surface area contributed by atoms with Gasteiger partial charge in [-0.3, -0.25) is 4.90 Å². The fraction of sp³-hybridized carbons (Fsp3) is 0.900. The van der Waals surface area contributed by atoms with Crippen molar-refractivity contribution in [3.05, 3.63) is 0 Å². The molecular weight excluding hydrogens is 182 g/mol. The number of rotatable bonds is 2. The zero-order valence-corrected chi connectivity index (χ0v) is 8.91. The minimum atomic E-state index is -1.17. The van der Waals surface area contributed by atoms with Crippen LogP contribution < -0.4 is 0 Å². The average Bonchev–Trinajstić information content (AvgIpc) is 2.84. The second-order valence-corrected chi connectivity index (χ2v) is 4.57. The van der Waals surface area contributed by atoms with E-state index in [2.05, 4.69) is 0 Å². The molecule has 1 heterocycles. The Morgan fingerprint density at radius 1 is 1.57 bits per heavy atom. The largest absolute Gasteiger partial charge is 0.438 e. The summed E-state index contributed by atoms with van der Waals surface area (Å²) in [6.45, 7) is 5.37. The van der Waals surface area contributed by atoms with E-state index in [4.69, 9.17) is 4.74 Å². The zero-order chi connectivity index (χ0) is 10.6. The fourth-order valence-electron chi connectivity index (χ4n) is 2.02. The van der Waals surface area contributed by atoms with E-state index in [9.17, 15) is 9.90 Å². The Bertz CT molecular complexity index is 273. The van der Waals surface area contributed by atoms with Crippen LogP contribution in [0.4, 0.5) is 4.79 Å². The molecule has 2 fully saturated rings. The SMILES string of the molecule is CC[C@]1(C)OC(=O)N(C2CC2)[C@]1(C)O. The van der Waals surface area contributed by atoms with Crippen LogP contribution in [0.25, 0.3) is 0 Å². The molecule has 1 saturated heterocycles. The molecule has 1 saturated carbocycles. The Kier molecular flexibility index (Phi) is 1.83. The normalized spacial score (nSPS) is 42.9. The number of carbonyl (C=O) groups is 1. The lowest BCUT2D eigenvalue weighted by atomic mass is 9.91. The summed E-state index contributed by atoms with van der Waals surface area (Å²) in [5, 5.41) is 10.3. The molecule has 1 amide bonds. The standard InChI is InChI=1S/C10H17NO3/c1-4-9(2)10(3,13)11(7-5-6-7)8(12)14-9/h7,13H,4-6H2,1-3H3/t9-,10+/m0/s1. The Labute approximate surface area is 83.8 Å². The van der Waals surface area contributed by atoms with E-state index in [1.54, 1.807) is 13.8 Å². The van der Waals surface area contributed by atoms with Gasteiger partial charge in [0.15, 0.2) is 11.3 Å². The second-order valence-electron chi connectivity index (χ2n) is 4.57. The van der Waals surface area contributed by atoms with Crippen molar-refractivity contribution in [1.29, 1.82) is 0 Å². The van der Waals surface area contributed by atoms with Crippen molar-refractivity contribution < 1.29 is 14.6 Å². The van der Waals surface area contributed by atoms with Gasteiger partial charge in [0.25, 0.3) is 0 Å². The van der Waals surface area contributed by atoms with Crippen molar-refractivity contribution in [3.8, 4) is 0 Å². The van der Waals surface area contributed by atoms with Crippen LogP contribution in [0.5, 0.6) is 0 Å². The van der Waals surface area contributed by atoms with Crippen molar-refractivity contribution in [2.75, 3.05) is 0 Å². The summed E-state index contributed by atoms with van der Waals surface area (Å²) in [6, 6.07) is 0.186. The van der Waals surface area contributed by atoms with Crippen molar-refractivity contribution in [3.63, 3.8) is 0 Å². The molecule has 0 aromatic heterocycles. The van der Waals surface area contributed by atoms with Gasteiger partial charge in [-0.05, 0) is 33.1 Å². The van der Waals surface area contributed by atoms with Gasteiger partial charge in [-0.25, -0.2) is 4.79 Å². The van der Waals surface area contributed by atoms with E-state index < -0.39 is 11.3 Å². The Morgan fingerprint density at radius 2 is 2.14 bits per heavy atom. The Hall–Kier alpha value is -0.770. The summed E-state index contributed by atoms with van der Waals surface area (Å²) in [4.78, 5) is 13.1. The third-order valence-electron chi connectivity index (χ3n) is 3.57. The molecule has 4 heteroatoms. The summed E-state index contributed by atoms with van der Waals surface area (Å²) in [6.07, 6.45) is 2.20. The van der Waals surface area contributed by atoms with E-state index in [1.807, 2.05) is 6.92 Å². The first-order valence-corrected chi connectivity index (χ1v) is 5.17. The van der Waals surface area contributed by atoms with E-state index in [0.717, 1.165) is 12.8 Å². The average molecular weight is 199 g/mol. The Balaban J connectivity index is 2.31. The summed E-state index contributed by atoms with van der Waals surface area (Å²) >= 11 is 0. The van der Waals surface area contributed by atoms with Crippen molar-refractivity contribution in [2.45, 2.75) is 57.4 Å². The maximum absolute atomic E-state index is 11.6. The van der Waals surface area contributed by atoms with Crippen LogP contribution in [0, 0.1) is 0 Å². The molecule has 0 spiro atoms. The summed E-state index contributed by atoms with van der Waals surface area (Å²) in [5.74, 6) is 0. The molecule has 1 N–H and O–H groups in total. The summed E-state index contributed by atoms with van der Waals surface area (Å²) in [5.41, 5.74) is -1.94. The molecule has 14 heavy (non-hydrogen) atoms. The molecule has 4 nitrogen and oxygen atoms in total. The van der Waals surface area contributed by atoms with E-state index in [1.165, 1.54) is 4.90 Å². The molecule has 0 radical (unpaired) electrons. The second kappa shape index (κ2) is 2.63. The Morgan fingerprint density at radius 3 is 2.50 bits per heavy atom. The highest BCUT2D eigenvalue weighted by Crippen LogP contribution is 2.45. The monoisotopic (exact) mass is 199 g/mol. The first-order chi connectivity index (χ1) is 6.42. The van der Waals surface area contributed by atoms with Crippen LogP contribution in [0.15, 0.2) is 0 Å². The first-order valence-electron chi connectivity index (χ1n) is 5.17. The minimum absolute atomic E-state index is 0.186. The molecular formula is C10H17NO3. The van der Waals surface area contributed by atoms with Gasteiger partial charge in [-0.2, -0.15) is 0 Å². The number of cyclic esters (lactones) is 1. The predicted molar refractivity (Wildman–Crippen MR) is 50.7 cm³/mol. The lowest BCUT2D eigenvalue weighted by Crippen LogP contribution is -2.55. The highest BCUT2D eigenvalue weighted by molar-refractivity contribution is 5.73. The van der Waals surface area contributed by atoms with Gasteiger partial charge in [0.1, 0.15) is 0 Å². The maximum Gasteiger partial charge on any atom is 0.413 e. The van der Waals surface area contributed by atoms with Crippen molar-refractivity contribution in [2.24, 2.45) is 0 Å². The van der Waals surface area contributed by atoms with Gasteiger partial charge in [0.2, 0.25) is 0 Å². The lowest BCUT2D eigenvalue weighted by Gasteiger charge is -2.36. The molecule has 1 aliphatic heterocycles. The lowest BCUT2D eigenvalue weighted by molar-refractivity contribution is -0.139. The van der Waals surface area contributed by atoms with Gasteiger partial charge < -0.3 is 9.84 Å². The van der Waals surface area contributed by atoms with Crippen molar-refractivity contribution in [1.82, 2.24) is 4.90 Å². The highest BCUT2D eigenvalue weighted by atomic mass is 16.6. The summed E-state index contributed by atoms with van der Waals surface area (Å²) < 4.78 is 5.26. The topological polar surface area (TPSA) is 49.8 Å². The molecule has 80 valence electrons. The third-order valence-corrected chi connectivity index (χ3v) is 3.57. The third kappa shape index (κ3) is 1.06. The highest BCUT2D eigenvalue weighted by Gasteiger charge is 2.61. The molecule has 0 unspecified atom stereocenters. The van der Waals surface area contributed by atoms with Crippen LogP contribution in [0.3, 0.4) is 0 Å². The number of aliphatic hydroxyl groups is 1. The number of hydrogen-bond acceptors (Lipinski definition) is 3. The maximum atomic E-state index is 11.6. The number of carbonyl (C=O) groups excluding carboxylic acids is 1.